The third-order valence-electron chi connectivity index (χ3n) is 2.07. The third-order valence-corrected chi connectivity index (χ3v) is 2.07. The van der Waals surface area contributed by atoms with Gasteiger partial charge in [0.1, 0.15) is 12.4 Å². The maximum Gasteiger partial charge on any atom is 0.270 e. The number of hydrogen-bond acceptors (Lipinski definition) is 5. The van der Waals surface area contributed by atoms with E-state index < -0.39 is 0 Å². The van der Waals surface area contributed by atoms with Crippen molar-refractivity contribution in [2.75, 3.05) is 19.8 Å². The van der Waals surface area contributed by atoms with E-state index in [1.807, 2.05) is 20.8 Å². The van der Waals surface area contributed by atoms with Gasteiger partial charge >= 0.3 is 0 Å². The van der Waals surface area contributed by atoms with Crippen molar-refractivity contribution in [1.82, 2.24) is 9.78 Å². The lowest BCUT2D eigenvalue weighted by Gasteiger charge is -2.19. The van der Waals surface area contributed by atoms with E-state index in [0.717, 1.165) is 0 Å². The summed E-state index contributed by atoms with van der Waals surface area (Å²) in [6, 6.07) is 1.40. The lowest BCUT2D eigenvalue weighted by atomic mass is 10.2. The number of nitrogens with zero attached hydrogens (tertiary/aromatic N) is 2. The highest BCUT2D eigenvalue weighted by atomic mass is 16.5. The van der Waals surface area contributed by atoms with Crippen LogP contribution in [0.25, 0.3) is 0 Å². The van der Waals surface area contributed by atoms with Crippen LogP contribution < -0.4 is 16.0 Å². The highest BCUT2D eigenvalue weighted by molar-refractivity contribution is 5.13. The van der Waals surface area contributed by atoms with Crippen molar-refractivity contribution in [2.45, 2.75) is 32.9 Å². The van der Waals surface area contributed by atoms with Crippen LogP contribution in [-0.2, 0) is 11.3 Å². The zero-order chi connectivity index (χ0) is 13.6. The minimum absolute atomic E-state index is 0.206. The molecule has 18 heavy (non-hydrogen) atoms. The SMILES string of the molecule is CC(C)(C)OCCn1ncc(OCCN)cc1=O. The topological polar surface area (TPSA) is 79.4 Å². The first-order chi connectivity index (χ1) is 8.42. The predicted molar refractivity (Wildman–Crippen MR) is 68.8 cm³/mol. The first kappa shape index (κ1) is 14.7. The average Bonchev–Trinajstić information content (AvgIpc) is 2.27. The zero-order valence-corrected chi connectivity index (χ0v) is 11.2. The van der Waals surface area contributed by atoms with E-state index in [2.05, 4.69) is 5.10 Å². The Balaban J connectivity index is 2.55. The molecule has 0 bridgehead atoms. The summed E-state index contributed by atoms with van der Waals surface area (Å²) in [5.74, 6) is 0.443. The lowest BCUT2D eigenvalue weighted by Crippen LogP contribution is -2.28. The second-order valence-electron chi connectivity index (χ2n) is 4.85. The molecule has 0 fully saturated rings. The van der Waals surface area contributed by atoms with Gasteiger partial charge in [0.25, 0.3) is 5.56 Å². The Kier molecular flexibility index (Phi) is 5.30. The molecule has 102 valence electrons. The molecule has 0 spiro atoms. The molecule has 0 aliphatic rings. The molecular weight excluding hydrogens is 234 g/mol. The molecular formula is C12H21N3O3. The maximum atomic E-state index is 11.7. The van der Waals surface area contributed by atoms with Gasteiger partial charge in [0, 0.05) is 12.6 Å². The Bertz CT molecular complexity index is 423. The first-order valence-corrected chi connectivity index (χ1v) is 5.96. The predicted octanol–water partition coefficient (Wildman–Crippen LogP) is 0.396. The maximum absolute atomic E-state index is 11.7. The van der Waals surface area contributed by atoms with Crippen LogP contribution in [0.3, 0.4) is 0 Å². The van der Waals surface area contributed by atoms with Crippen LogP contribution >= 0.6 is 0 Å². The second-order valence-corrected chi connectivity index (χ2v) is 4.85. The fourth-order valence-electron chi connectivity index (χ4n) is 1.28. The Morgan fingerprint density at radius 3 is 2.67 bits per heavy atom. The van der Waals surface area contributed by atoms with Crippen molar-refractivity contribution >= 4 is 0 Å². The molecule has 2 N–H and O–H groups in total. The van der Waals surface area contributed by atoms with Crippen LogP contribution in [0.2, 0.25) is 0 Å². The second kappa shape index (κ2) is 6.51. The summed E-state index contributed by atoms with van der Waals surface area (Å²) in [6.45, 7) is 7.54. The molecule has 1 heterocycles. The van der Waals surface area contributed by atoms with Crippen molar-refractivity contribution in [3.8, 4) is 5.75 Å². The zero-order valence-electron chi connectivity index (χ0n) is 11.2. The van der Waals surface area contributed by atoms with Gasteiger partial charge in [-0.05, 0) is 20.8 Å². The van der Waals surface area contributed by atoms with Gasteiger partial charge < -0.3 is 15.2 Å². The van der Waals surface area contributed by atoms with Crippen LogP contribution in [0.1, 0.15) is 20.8 Å². The molecule has 0 saturated heterocycles. The highest BCUT2D eigenvalue weighted by Gasteiger charge is 2.10. The molecule has 0 amide bonds. The molecule has 1 aromatic heterocycles. The Morgan fingerprint density at radius 1 is 1.39 bits per heavy atom. The minimum atomic E-state index is -0.214. The van der Waals surface area contributed by atoms with E-state index in [9.17, 15) is 4.79 Å². The van der Waals surface area contributed by atoms with E-state index in [4.69, 9.17) is 15.2 Å². The van der Waals surface area contributed by atoms with Crippen LogP contribution in [-0.4, -0.2) is 35.1 Å². The minimum Gasteiger partial charge on any atom is -0.490 e. The van der Waals surface area contributed by atoms with E-state index in [0.29, 0.717) is 32.1 Å². The van der Waals surface area contributed by atoms with Gasteiger partial charge in [0.05, 0.1) is 24.9 Å². The number of hydrogen-bond donors (Lipinski definition) is 1. The summed E-state index contributed by atoms with van der Waals surface area (Å²) in [5, 5.41) is 4.01. The Labute approximate surface area is 107 Å². The fraction of sp³-hybridized carbons (Fsp3) is 0.667. The lowest BCUT2D eigenvalue weighted by molar-refractivity contribution is -0.00838. The van der Waals surface area contributed by atoms with E-state index in [1.54, 1.807) is 0 Å². The van der Waals surface area contributed by atoms with E-state index in [1.165, 1.54) is 16.9 Å². The van der Waals surface area contributed by atoms with Crippen molar-refractivity contribution < 1.29 is 9.47 Å². The molecule has 0 aromatic carbocycles. The Hall–Kier alpha value is -1.40. The third kappa shape index (κ3) is 5.29. The molecule has 0 atom stereocenters. The van der Waals surface area contributed by atoms with Gasteiger partial charge in [0.2, 0.25) is 0 Å². The number of aromatic nitrogens is 2. The summed E-state index contributed by atoms with van der Waals surface area (Å²) < 4.78 is 12.1. The summed E-state index contributed by atoms with van der Waals surface area (Å²) in [6.07, 6.45) is 1.51. The molecule has 0 aliphatic carbocycles. The molecule has 0 radical (unpaired) electrons. The van der Waals surface area contributed by atoms with Crippen molar-refractivity contribution in [1.29, 1.82) is 0 Å². The number of rotatable bonds is 6. The average molecular weight is 255 g/mol. The largest absolute Gasteiger partial charge is 0.490 e. The van der Waals surface area contributed by atoms with Gasteiger partial charge in [-0.25, -0.2) is 4.68 Å². The fourth-order valence-corrected chi connectivity index (χ4v) is 1.28. The Morgan fingerprint density at radius 2 is 2.11 bits per heavy atom. The molecule has 0 aliphatic heterocycles. The van der Waals surface area contributed by atoms with Gasteiger partial charge in [-0.1, -0.05) is 0 Å². The van der Waals surface area contributed by atoms with Gasteiger partial charge in [0.15, 0.2) is 0 Å². The van der Waals surface area contributed by atoms with Crippen molar-refractivity contribution in [3.05, 3.63) is 22.6 Å². The quantitative estimate of drug-likeness (QED) is 0.795. The van der Waals surface area contributed by atoms with Crippen molar-refractivity contribution in [2.24, 2.45) is 5.73 Å². The molecule has 6 heteroatoms. The molecule has 0 saturated carbocycles. The van der Waals surface area contributed by atoms with Crippen LogP contribution in [0.4, 0.5) is 0 Å². The van der Waals surface area contributed by atoms with Gasteiger partial charge in [-0.2, -0.15) is 5.10 Å². The van der Waals surface area contributed by atoms with Crippen LogP contribution in [0.15, 0.2) is 17.1 Å². The standard InChI is InChI=1S/C12H21N3O3/c1-12(2,3)18-7-5-15-11(16)8-10(9-14-15)17-6-4-13/h8-9H,4-7,13H2,1-3H3. The summed E-state index contributed by atoms with van der Waals surface area (Å²) in [4.78, 5) is 11.7. The van der Waals surface area contributed by atoms with Crippen molar-refractivity contribution in [3.63, 3.8) is 0 Å². The van der Waals surface area contributed by atoms with Crippen LogP contribution in [0, 0.1) is 0 Å². The first-order valence-electron chi connectivity index (χ1n) is 5.96. The summed E-state index contributed by atoms with van der Waals surface area (Å²) in [5.41, 5.74) is 4.88. The summed E-state index contributed by atoms with van der Waals surface area (Å²) in [7, 11) is 0. The van der Waals surface area contributed by atoms with Gasteiger partial charge in [-0.15, -0.1) is 0 Å². The number of nitrogens with two attached hydrogens (primary N) is 1. The van der Waals surface area contributed by atoms with Crippen LogP contribution in [0.5, 0.6) is 5.75 Å². The normalized spacial score (nSPS) is 11.6. The molecule has 1 rings (SSSR count). The van der Waals surface area contributed by atoms with E-state index in [-0.39, 0.29) is 11.2 Å². The number of ether oxygens (including phenoxy) is 2. The molecule has 0 unspecified atom stereocenters. The van der Waals surface area contributed by atoms with Gasteiger partial charge in [-0.3, -0.25) is 4.79 Å². The molecule has 6 nitrogen and oxygen atoms in total. The van der Waals surface area contributed by atoms with E-state index >= 15 is 0 Å². The smallest absolute Gasteiger partial charge is 0.270 e. The molecule has 1 aromatic rings. The highest BCUT2D eigenvalue weighted by Crippen LogP contribution is 2.06. The monoisotopic (exact) mass is 255 g/mol. The summed E-state index contributed by atoms with van der Waals surface area (Å²) >= 11 is 0.